The van der Waals surface area contributed by atoms with E-state index in [1.54, 1.807) is 0 Å². The SMILES string of the molecule is Cc1nc(CNC(=O)C2[C@@H]3[C@H]4CC[C@H](C4)[C@H]23)nc2c1CCCC2. The van der Waals surface area contributed by atoms with Gasteiger partial charge in [0.2, 0.25) is 5.91 Å². The van der Waals surface area contributed by atoms with Crippen LogP contribution in [0, 0.1) is 36.5 Å². The number of hydrogen-bond donors (Lipinski definition) is 1. The summed E-state index contributed by atoms with van der Waals surface area (Å²) in [5.41, 5.74) is 3.68. The third-order valence-corrected chi connectivity index (χ3v) is 6.90. The second-order valence-corrected chi connectivity index (χ2v) is 8.09. The van der Waals surface area contributed by atoms with Gasteiger partial charge in [-0.05, 0) is 81.1 Å². The maximum atomic E-state index is 12.5. The second kappa shape index (κ2) is 5.02. The van der Waals surface area contributed by atoms with Crippen molar-refractivity contribution < 1.29 is 4.79 Å². The molecule has 0 radical (unpaired) electrons. The summed E-state index contributed by atoms with van der Waals surface area (Å²) in [5.74, 6) is 4.48. The maximum Gasteiger partial charge on any atom is 0.224 e. The molecular weight excluding hydrogens is 286 g/mol. The van der Waals surface area contributed by atoms with E-state index in [4.69, 9.17) is 4.98 Å². The van der Waals surface area contributed by atoms with Crippen LogP contribution in [0.3, 0.4) is 0 Å². The lowest BCUT2D eigenvalue weighted by molar-refractivity contribution is -0.123. The van der Waals surface area contributed by atoms with E-state index in [0.29, 0.717) is 24.3 Å². The summed E-state index contributed by atoms with van der Waals surface area (Å²) in [4.78, 5) is 21.9. The number of fused-ring (bicyclic) bond motifs is 6. The molecule has 2 bridgehead atoms. The van der Waals surface area contributed by atoms with Gasteiger partial charge < -0.3 is 5.32 Å². The fourth-order valence-electron chi connectivity index (χ4n) is 5.88. The van der Waals surface area contributed by atoms with Gasteiger partial charge >= 0.3 is 0 Å². The molecule has 1 heterocycles. The highest BCUT2D eigenvalue weighted by Crippen LogP contribution is 2.69. The minimum atomic E-state index is 0.260. The molecule has 0 aliphatic heterocycles. The van der Waals surface area contributed by atoms with Crippen molar-refractivity contribution in [1.82, 2.24) is 15.3 Å². The summed E-state index contributed by atoms with van der Waals surface area (Å²) in [6.45, 7) is 2.58. The monoisotopic (exact) mass is 311 g/mol. The molecule has 1 unspecified atom stereocenters. The van der Waals surface area contributed by atoms with E-state index in [-0.39, 0.29) is 5.91 Å². The molecule has 1 amide bonds. The lowest BCUT2D eigenvalue weighted by Crippen LogP contribution is -2.28. The van der Waals surface area contributed by atoms with Gasteiger partial charge in [-0.15, -0.1) is 0 Å². The topological polar surface area (TPSA) is 54.9 Å². The molecule has 0 aromatic carbocycles. The van der Waals surface area contributed by atoms with Crippen molar-refractivity contribution in [2.24, 2.45) is 29.6 Å². The fourth-order valence-corrected chi connectivity index (χ4v) is 5.88. The van der Waals surface area contributed by atoms with Crippen LogP contribution in [-0.2, 0) is 24.2 Å². The molecule has 3 saturated carbocycles. The largest absolute Gasteiger partial charge is 0.349 e. The Morgan fingerprint density at radius 1 is 1.13 bits per heavy atom. The fraction of sp³-hybridized carbons (Fsp3) is 0.737. The quantitative estimate of drug-likeness (QED) is 0.933. The Balaban J connectivity index is 1.25. The molecule has 4 nitrogen and oxygen atoms in total. The Bertz CT molecular complexity index is 655. The van der Waals surface area contributed by atoms with Crippen LogP contribution in [0.15, 0.2) is 0 Å². The zero-order valence-corrected chi connectivity index (χ0v) is 13.8. The number of aryl methyl sites for hydroxylation is 2. The summed E-state index contributed by atoms with van der Waals surface area (Å²) >= 11 is 0. The third kappa shape index (κ3) is 2.14. The van der Waals surface area contributed by atoms with Crippen LogP contribution < -0.4 is 5.32 Å². The number of amides is 1. The van der Waals surface area contributed by atoms with Gasteiger partial charge in [-0.2, -0.15) is 0 Å². The van der Waals surface area contributed by atoms with Crippen LogP contribution in [0.5, 0.6) is 0 Å². The number of carbonyl (C=O) groups excluding carboxylic acids is 1. The average Bonchev–Trinajstić information content (AvgIpc) is 3.00. The maximum absolute atomic E-state index is 12.5. The van der Waals surface area contributed by atoms with Crippen LogP contribution in [0.4, 0.5) is 0 Å². The molecule has 3 fully saturated rings. The van der Waals surface area contributed by atoms with Crippen molar-refractivity contribution in [1.29, 1.82) is 0 Å². The molecule has 0 spiro atoms. The van der Waals surface area contributed by atoms with Gasteiger partial charge in [0, 0.05) is 17.3 Å². The van der Waals surface area contributed by atoms with Gasteiger partial charge in [0.05, 0.1) is 6.54 Å². The third-order valence-electron chi connectivity index (χ3n) is 6.90. The van der Waals surface area contributed by atoms with E-state index >= 15 is 0 Å². The Labute approximate surface area is 137 Å². The zero-order chi connectivity index (χ0) is 15.6. The molecule has 1 N–H and O–H groups in total. The van der Waals surface area contributed by atoms with Gasteiger partial charge in [0.1, 0.15) is 5.82 Å². The molecule has 5 rings (SSSR count). The number of aromatic nitrogens is 2. The predicted octanol–water partition coefficient (Wildman–Crippen LogP) is 2.57. The molecule has 4 aliphatic rings. The smallest absolute Gasteiger partial charge is 0.224 e. The number of rotatable bonds is 3. The highest BCUT2D eigenvalue weighted by atomic mass is 16.2. The number of carbonyl (C=O) groups is 1. The highest BCUT2D eigenvalue weighted by Gasteiger charge is 2.67. The number of nitrogens with one attached hydrogen (secondary N) is 1. The van der Waals surface area contributed by atoms with E-state index in [1.165, 1.54) is 43.4 Å². The number of hydrogen-bond acceptors (Lipinski definition) is 3. The van der Waals surface area contributed by atoms with E-state index in [1.807, 2.05) is 0 Å². The normalized spacial score (nSPS) is 36.5. The summed E-state index contributed by atoms with van der Waals surface area (Å²) < 4.78 is 0. The summed E-state index contributed by atoms with van der Waals surface area (Å²) in [7, 11) is 0. The van der Waals surface area contributed by atoms with Crippen LogP contribution >= 0.6 is 0 Å². The highest BCUT2D eigenvalue weighted by molar-refractivity contribution is 5.82. The van der Waals surface area contributed by atoms with E-state index in [9.17, 15) is 4.79 Å². The van der Waals surface area contributed by atoms with Crippen molar-refractivity contribution in [3.8, 4) is 0 Å². The van der Waals surface area contributed by atoms with Gasteiger partial charge in [0.15, 0.2) is 0 Å². The zero-order valence-electron chi connectivity index (χ0n) is 13.8. The first-order chi connectivity index (χ1) is 11.2. The van der Waals surface area contributed by atoms with Crippen molar-refractivity contribution in [3.63, 3.8) is 0 Å². The first-order valence-electron chi connectivity index (χ1n) is 9.35. The first kappa shape index (κ1) is 13.9. The lowest BCUT2D eigenvalue weighted by Gasteiger charge is -2.17. The molecule has 4 aliphatic carbocycles. The van der Waals surface area contributed by atoms with Crippen molar-refractivity contribution in [2.75, 3.05) is 0 Å². The van der Waals surface area contributed by atoms with E-state index < -0.39 is 0 Å². The van der Waals surface area contributed by atoms with Gasteiger partial charge in [-0.3, -0.25) is 4.79 Å². The van der Waals surface area contributed by atoms with E-state index in [2.05, 4.69) is 17.2 Å². The second-order valence-electron chi connectivity index (χ2n) is 8.09. The van der Waals surface area contributed by atoms with Crippen molar-refractivity contribution in [2.45, 2.75) is 58.4 Å². The molecule has 1 aromatic heterocycles. The average molecular weight is 311 g/mol. The first-order valence-corrected chi connectivity index (χ1v) is 9.35. The molecule has 5 atom stereocenters. The van der Waals surface area contributed by atoms with Gasteiger partial charge in [-0.25, -0.2) is 9.97 Å². The van der Waals surface area contributed by atoms with Crippen LogP contribution in [0.1, 0.15) is 54.9 Å². The lowest BCUT2D eigenvalue weighted by atomic mass is 9.95. The molecule has 23 heavy (non-hydrogen) atoms. The van der Waals surface area contributed by atoms with Crippen LogP contribution in [-0.4, -0.2) is 15.9 Å². The minimum Gasteiger partial charge on any atom is -0.349 e. The molecule has 1 aromatic rings. The van der Waals surface area contributed by atoms with Crippen LogP contribution in [0.2, 0.25) is 0 Å². The summed E-state index contributed by atoms with van der Waals surface area (Å²) in [5, 5.41) is 3.13. The van der Waals surface area contributed by atoms with Crippen molar-refractivity contribution in [3.05, 3.63) is 22.8 Å². The molecular formula is C19H25N3O. The summed E-state index contributed by atoms with van der Waals surface area (Å²) in [6, 6.07) is 0. The van der Waals surface area contributed by atoms with Crippen LogP contribution in [0.25, 0.3) is 0 Å². The number of nitrogens with zero attached hydrogens (tertiary/aromatic N) is 2. The Hall–Kier alpha value is -1.45. The Morgan fingerprint density at radius 3 is 2.65 bits per heavy atom. The predicted molar refractivity (Wildman–Crippen MR) is 86.6 cm³/mol. The van der Waals surface area contributed by atoms with Gasteiger partial charge in [-0.1, -0.05) is 0 Å². The standard InChI is InChI=1S/C19H25N3O/c1-10-13-4-2-3-5-14(13)22-15(21-10)9-20-19(23)18-16-11-6-7-12(8-11)17(16)18/h11-12,16-18H,2-9H2,1H3,(H,20,23)/t11-,12+,16+,17-,18?. The molecule has 122 valence electrons. The molecule has 4 heteroatoms. The van der Waals surface area contributed by atoms with Gasteiger partial charge in [0.25, 0.3) is 0 Å². The van der Waals surface area contributed by atoms with E-state index in [0.717, 1.165) is 36.2 Å². The van der Waals surface area contributed by atoms with Crippen molar-refractivity contribution >= 4 is 5.91 Å². The molecule has 0 saturated heterocycles. The summed E-state index contributed by atoms with van der Waals surface area (Å²) in [6.07, 6.45) is 8.78. The Morgan fingerprint density at radius 2 is 1.87 bits per heavy atom. The Kier molecular flexibility index (Phi) is 3.04. The minimum absolute atomic E-state index is 0.260.